The second-order valence-electron chi connectivity index (χ2n) is 5.58. The Morgan fingerprint density at radius 3 is 2.25 bits per heavy atom. The van der Waals surface area contributed by atoms with Gasteiger partial charge in [0.25, 0.3) is 5.91 Å². The van der Waals surface area contributed by atoms with Crippen LogP contribution >= 0.6 is 0 Å². The molecule has 1 amide bonds. The molecule has 2 rings (SSSR count). The minimum atomic E-state index is -0.588. The zero-order valence-corrected chi connectivity index (χ0v) is 15.4. The molecule has 2 aromatic carbocycles. The van der Waals surface area contributed by atoms with Gasteiger partial charge in [-0.1, -0.05) is 12.1 Å². The average molecular weight is 378 g/mol. The van der Waals surface area contributed by atoms with E-state index in [4.69, 9.17) is 9.47 Å². The zero-order valence-electron chi connectivity index (χ0n) is 15.4. The third-order valence-corrected chi connectivity index (χ3v) is 3.47. The molecule has 0 radical (unpaired) electrons. The molecule has 0 bridgehead atoms. The van der Waals surface area contributed by atoms with Gasteiger partial charge in [0, 0.05) is 12.6 Å². The second-order valence-corrected chi connectivity index (χ2v) is 5.58. The molecule has 0 aliphatic carbocycles. The van der Waals surface area contributed by atoms with E-state index < -0.39 is 17.8 Å². The van der Waals surface area contributed by atoms with Gasteiger partial charge in [-0.2, -0.15) is 5.26 Å². The number of hydrogen-bond acceptors (Lipinski definition) is 6. The summed E-state index contributed by atoms with van der Waals surface area (Å²) in [5.74, 6) is -1.10. The monoisotopic (exact) mass is 378 g/mol. The number of carbonyl (C=O) groups excluding carboxylic acids is 3. The first-order valence-corrected chi connectivity index (χ1v) is 8.41. The van der Waals surface area contributed by atoms with E-state index >= 15 is 0 Å². The van der Waals surface area contributed by atoms with Crippen LogP contribution < -0.4 is 10.1 Å². The number of nitrogens with zero attached hydrogens (tertiary/aromatic N) is 1. The molecule has 0 saturated carbocycles. The van der Waals surface area contributed by atoms with Crippen LogP contribution in [-0.2, 0) is 14.3 Å². The Kier molecular flexibility index (Phi) is 7.06. The molecule has 0 aliphatic rings. The second kappa shape index (κ2) is 9.69. The number of nitriles is 1. The van der Waals surface area contributed by atoms with Crippen molar-refractivity contribution in [1.29, 1.82) is 5.26 Å². The Bertz CT molecular complexity index is 938. The van der Waals surface area contributed by atoms with E-state index in [1.165, 1.54) is 25.1 Å². The van der Waals surface area contributed by atoms with Gasteiger partial charge in [0.2, 0.25) is 0 Å². The number of benzene rings is 2. The number of rotatable bonds is 6. The lowest BCUT2D eigenvalue weighted by molar-refractivity contribution is -0.131. The first-order chi connectivity index (χ1) is 13.4. The molecule has 0 unspecified atom stereocenters. The molecule has 0 aliphatic heterocycles. The van der Waals surface area contributed by atoms with E-state index in [-0.39, 0.29) is 12.2 Å². The highest BCUT2D eigenvalue weighted by atomic mass is 16.5. The van der Waals surface area contributed by atoms with Gasteiger partial charge < -0.3 is 14.8 Å². The summed E-state index contributed by atoms with van der Waals surface area (Å²) in [6.45, 7) is 3.28. The normalized spacial score (nSPS) is 10.5. The van der Waals surface area contributed by atoms with Gasteiger partial charge in [-0.15, -0.1) is 0 Å². The highest BCUT2D eigenvalue weighted by Crippen LogP contribution is 2.16. The van der Waals surface area contributed by atoms with Gasteiger partial charge in [-0.05, 0) is 55.0 Å². The minimum Gasteiger partial charge on any atom is -0.462 e. The fourth-order valence-electron chi connectivity index (χ4n) is 2.22. The number of anilines is 1. The van der Waals surface area contributed by atoms with E-state index in [2.05, 4.69) is 5.32 Å². The number of nitrogens with one attached hydrogen (secondary N) is 1. The van der Waals surface area contributed by atoms with Gasteiger partial charge in [-0.25, -0.2) is 4.79 Å². The quantitative estimate of drug-likeness (QED) is 0.358. The lowest BCUT2D eigenvalue weighted by Crippen LogP contribution is -2.13. The van der Waals surface area contributed by atoms with Crippen molar-refractivity contribution in [3.63, 3.8) is 0 Å². The summed E-state index contributed by atoms with van der Waals surface area (Å²) in [7, 11) is 0. The first kappa shape index (κ1) is 20.4. The van der Waals surface area contributed by atoms with E-state index in [1.54, 1.807) is 43.3 Å². The van der Waals surface area contributed by atoms with Crippen molar-refractivity contribution in [3.05, 3.63) is 65.2 Å². The van der Waals surface area contributed by atoms with Gasteiger partial charge in [0.05, 0.1) is 12.2 Å². The number of carbonyl (C=O) groups is 3. The third-order valence-electron chi connectivity index (χ3n) is 3.47. The van der Waals surface area contributed by atoms with Crippen LogP contribution in [0.1, 0.15) is 29.8 Å². The standard InChI is InChI=1S/C21H18N2O5/c1-3-27-21(26)16-6-8-18(9-7-16)23-20(25)17(13-22)12-15-4-10-19(11-5-15)28-14(2)24/h4-12H,3H2,1-2H3,(H,23,25)/b17-12+. The van der Waals surface area contributed by atoms with Gasteiger partial charge in [0.1, 0.15) is 17.4 Å². The van der Waals surface area contributed by atoms with Crippen molar-refractivity contribution >= 4 is 29.6 Å². The van der Waals surface area contributed by atoms with Crippen LogP contribution in [0.25, 0.3) is 6.08 Å². The molecule has 0 aromatic heterocycles. The SMILES string of the molecule is CCOC(=O)c1ccc(NC(=O)/C(C#N)=C/c2ccc(OC(C)=O)cc2)cc1. The van der Waals surface area contributed by atoms with Crippen molar-refractivity contribution in [1.82, 2.24) is 0 Å². The van der Waals surface area contributed by atoms with Crippen LogP contribution in [0, 0.1) is 11.3 Å². The van der Waals surface area contributed by atoms with Crippen molar-refractivity contribution < 1.29 is 23.9 Å². The molecule has 0 saturated heterocycles. The lowest BCUT2D eigenvalue weighted by Gasteiger charge is -2.06. The summed E-state index contributed by atoms with van der Waals surface area (Å²) in [5, 5.41) is 11.9. The summed E-state index contributed by atoms with van der Waals surface area (Å²) in [5.41, 5.74) is 1.29. The minimum absolute atomic E-state index is 0.102. The predicted octanol–water partition coefficient (Wildman–Crippen LogP) is 3.33. The van der Waals surface area contributed by atoms with Crippen molar-refractivity contribution in [2.24, 2.45) is 0 Å². The number of esters is 2. The summed E-state index contributed by atoms with van der Waals surface area (Å²) >= 11 is 0. The highest BCUT2D eigenvalue weighted by molar-refractivity contribution is 6.09. The van der Waals surface area contributed by atoms with Gasteiger partial charge in [0.15, 0.2) is 0 Å². The fourth-order valence-corrected chi connectivity index (χ4v) is 2.22. The van der Waals surface area contributed by atoms with Crippen LogP contribution in [0.3, 0.4) is 0 Å². The van der Waals surface area contributed by atoms with E-state index in [1.807, 2.05) is 6.07 Å². The molecular formula is C21H18N2O5. The van der Waals surface area contributed by atoms with Gasteiger partial charge >= 0.3 is 11.9 Å². The van der Waals surface area contributed by atoms with E-state index in [0.717, 1.165) is 0 Å². The van der Waals surface area contributed by atoms with Crippen molar-refractivity contribution in [3.8, 4) is 11.8 Å². The maximum atomic E-state index is 12.3. The van der Waals surface area contributed by atoms with Crippen molar-refractivity contribution in [2.75, 3.05) is 11.9 Å². The molecule has 2 aromatic rings. The molecule has 0 atom stereocenters. The summed E-state index contributed by atoms with van der Waals surface area (Å²) < 4.78 is 9.83. The molecule has 142 valence electrons. The largest absolute Gasteiger partial charge is 0.462 e. The molecule has 0 heterocycles. The van der Waals surface area contributed by atoms with Crippen LogP contribution in [0.15, 0.2) is 54.1 Å². The molecule has 0 fully saturated rings. The Morgan fingerprint density at radius 2 is 1.71 bits per heavy atom. The smallest absolute Gasteiger partial charge is 0.338 e. The first-order valence-electron chi connectivity index (χ1n) is 8.41. The summed E-state index contributed by atoms with van der Waals surface area (Å²) in [6, 6.07) is 14.4. The molecule has 7 heteroatoms. The third kappa shape index (κ3) is 5.81. The molecule has 7 nitrogen and oxygen atoms in total. The highest BCUT2D eigenvalue weighted by Gasteiger charge is 2.11. The maximum Gasteiger partial charge on any atom is 0.338 e. The van der Waals surface area contributed by atoms with E-state index in [0.29, 0.717) is 22.6 Å². The average Bonchev–Trinajstić information content (AvgIpc) is 2.67. The van der Waals surface area contributed by atoms with Crippen LogP contribution in [-0.4, -0.2) is 24.5 Å². The molecule has 1 N–H and O–H groups in total. The molecule has 0 spiro atoms. The Morgan fingerprint density at radius 1 is 1.07 bits per heavy atom. The Balaban J connectivity index is 2.08. The van der Waals surface area contributed by atoms with E-state index in [9.17, 15) is 19.6 Å². The zero-order chi connectivity index (χ0) is 20.5. The lowest BCUT2D eigenvalue weighted by atomic mass is 10.1. The maximum absolute atomic E-state index is 12.3. The number of hydrogen-bond donors (Lipinski definition) is 1. The summed E-state index contributed by atoms with van der Waals surface area (Å²) in [4.78, 5) is 34.9. The Hall–Kier alpha value is -3.92. The predicted molar refractivity (Wildman–Crippen MR) is 102 cm³/mol. The molecule has 28 heavy (non-hydrogen) atoms. The number of ether oxygens (including phenoxy) is 2. The number of amides is 1. The topological polar surface area (TPSA) is 105 Å². The van der Waals surface area contributed by atoms with Crippen LogP contribution in [0.2, 0.25) is 0 Å². The van der Waals surface area contributed by atoms with Gasteiger partial charge in [-0.3, -0.25) is 9.59 Å². The summed E-state index contributed by atoms with van der Waals surface area (Å²) in [6.07, 6.45) is 1.42. The van der Waals surface area contributed by atoms with Crippen molar-refractivity contribution in [2.45, 2.75) is 13.8 Å². The molecular weight excluding hydrogens is 360 g/mol. The van der Waals surface area contributed by atoms with Crippen LogP contribution in [0.5, 0.6) is 5.75 Å². The fraction of sp³-hybridized carbons (Fsp3) is 0.143. The van der Waals surface area contributed by atoms with Crippen LogP contribution in [0.4, 0.5) is 5.69 Å². The Labute approximate surface area is 162 Å².